The molecule has 1 aliphatic carbocycles. The molecule has 1 saturated carbocycles. The Balaban J connectivity index is 1.71. The minimum absolute atomic E-state index is 0.130. The van der Waals surface area contributed by atoms with Crippen molar-refractivity contribution in [1.29, 1.82) is 0 Å². The Morgan fingerprint density at radius 1 is 1.50 bits per heavy atom. The molecule has 20 heavy (non-hydrogen) atoms. The Morgan fingerprint density at radius 3 is 3.05 bits per heavy atom. The van der Waals surface area contributed by atoms with E-state index < -0.39 is 0 Å². The van der Waals surface area contributed by atoms with E-state index in [2.05, 4.69) is 26.5 Å². The normalized spacial score (nSPS) is 21.9. The molecular weight excluding hydrogens is 270 g/mol. The lowest BCUT2D eigenvalue weighted by Crippen LogP contribution is -2.40. The van der Waals surface area contributed by atoms with Crippen LogP contribution < -0.4 is 0 Å². The van der Waals surface area contributed by atoms with Crippen molar-refractivity contribution in [3.05, 3.63) is 39.3 Å². The Bertz CT molecular complexity index is 656. The first-order valence-corrected chi connectivity index (χ1v) is 8.01. The molecule has 104 valence electrons. The van der Waals surface area contributed by atoms with Crippen molar-refractivity contribution in [2.75, 3.05) is 6.54 Å². The van der Waals surface area contributed by atoms with E-state index in [9.17, 15) is 4.79 Å². The van der Waals surface area contributed by atoms with Crippen LogP contribution in [0.2, 0.25) is 0 Å². The van der Waals surface area contributed by atoms with E-state index in [0.29, 0.717) is 11.5 Å². The van der Waals surface area contributed by atoms with Crippen LogP contribution in [0.5, 0.6) is 0 Å². The Hall–Kier alpha value is -1.62. The molecule has 1 atom stereocenters. The number of aromatic nitrogens is 2. The summed E-state index contributed by atoms with van der Waals surface area (Å²) in [7, 11) is 0. The van der Waals surface area contributed by atoms with E-state index in [-0.39, 0.29) is 11.9 Å². The van der Waals surface area contributed by atoms with Gasteiger partial charge in [-0.3, -0.25) is 9.89 Å². The monoisotopic (exact) mass is 287 g/mol. The first-order chi connectivity index (χ1) is 9.75. The lowest BCUT2D eigenvalue weighted by Gasteiger charge is -2.36. The Morgan fingerprint density at radius 2 is 2.35 bits per heavy atom. The summed E-state index contributed by atoms with van der Waals surface area (Å²) >= 11 is 1.83. The zero-order valence-corrected chi connectivity index (χ0v) is 12.2. The van der Waals surface area contributed by atoms with Gasteiger partial charge in [-0.15, -0.1) is 11.3 Å². The number of rotatable bonds is 2. The molecule has 4 nitrogen and oxygen atoms in total. The summed E-state index contributed by atoms with van der Waals surface area (Å²) in [6.07, 6.45) is 5.13. The standard InChI is InChI=1S/C15H17N3OS/c1-9-12(8-16-17-9)15(19)18-6-4-13-11(5-7-20-13)14(18)10-2-3-10/h5,7-8,10,14H,2-4,6H2,1H3,(H,16,17). The Labute approximate surface area is 121 Å². The van der Waals surface area contributed by atoms with Gasteiger partial charge in [0.2, 0.25) is 0 Å². The molecule has 5 heteroatoms. The highest BCUT2D eigenvalue weighted by atomic mass is 32.1. The van der Waals surface area contributed by atoms with Crippen molar-refractivity contribution in [3.8, 4) is 0 Å². The molecular formula is C15H17N3OS. The molecule has 0 spiro atoms. The number of H-pyrrole nitrogens is 1. The van der Waals surface area contributed by atoms with E-state index in [0.717, 1.165) is 18.7 Å². The van der Waals surface area contributed by atoms with Crippen LogP contribution in [0.25, 0.3) is 0 Å². The first kappa shape index (κ1) is 12.1. The van der Waals surface area contributed by atoms with Crippen molar-refractivity contribution in [3.63, 3.8) is 0 Å². The maximum absolute atomic E-state index is 12.8. The maximum atomic E-state index is 12.8. The minimum Gasteiger partial charge on any atom is -0.331 e. The SMILES string of the molecule is Cc1[nH]ncc1C(=O)N1CCc2sccc2C1C1CC1. The lowest BCUT2D eigenvalue weighted by atomic mass is 9.95. The average Bonchev–Trinajstić information content (AvgIpc) is 3.01. The molecule has 0 saturated heterocycles. The summed E-state index contributed by atoms with van der Waals surface area (Å²) in [5.41, 5.74) is 2.97. The Kier molecular flexibility index (Phi) is 2.70. The van der Waals surface area contributed by atoms with Crippen LogP contribution in [0.3, 0.4) is 0 Å². The molecule has 4 rings (SSSR count). The first-order valence-electron chi connectivity index (χ1n) is 7.13. The van der Waals surface area contributed by atoms with Gasteiger partial charge in [-0.2, -0.15) is 5.10 Å². The molecule has 1 amide bonds. The number of amides is 1. The molecule has 1 unspecified atom stereocenters. The predicted molar refractivity (Wildman–Crippen MR) is 77.8 cm³/mol. The summed E-state index contributed by atoms with van der Waals surface area (Å²) in [5.74, 6) is 0.782. The van der Waals surface area contributed by atoms with Gasteiger partial charge < -0.3 is 4.90 Å². The molecule has 1 fully saturated rings. The molecule has 1 aliphatic heterocycles. The van der Waals surface area contributed by atoms with Crippen LogP contribution in [-0.2, 0) is 6.42 Å². The van der Waals surface area contributed by atoms with E-state index in [4.69, 9.17) is 0 Å². The van der Waals surface area contributed by atoms with Gasteiger partial charge in [0.15, 0.2) is 0 Å². The predicted octanol–water partition coefficient (Wildman–Crippen LogP) is 2.93. The molecule has 2 aliphatic rings. The second kappa shape index (κ2) is 4.45. The molecule has 0 radical (unpaired) electrons. The summed E-state index contributed by atoms with van der Waals surface area (Å²) < 4.78 is 0. The fraction of sp³-hybridized carbons (Fsp3) is 0.467. The van der Waals surface area contributed by atoms with E-state index in [1.807, 2.05) is 18.3 Å². The van der Waals surface area contributed by atoms with Gasteiger partial charge in [0.25, 0.3) is 5.91 Å². The molecule has 1 N–H and O–H groups in total. The van der Waals surface area contributed by atoms with E-state index in [1.165, 1.54) is 23.3 Å². The third-order valence-electron chi connectivity index (χ3n) is 4.40. The fourth-order valence-corrected chi connectivity index (χ4v) is 4.13. The van der Waals surface area contributed by atoms with Crippen molar-refractivity contribution in [1.82, 2.24) is 15.1 Å². The van der Waals surface area contributed by atoms with Gasteiger partial charge in [0, 0.05) is 17.1 Å². The summed E-state index contributed by atoms with van der Waals surface area (Å²) in [6, 6.07) is 2.50. The van der Waals surface area contributed by atoms with Gasteiger partial charge >= 0.3 is 0 Å². The number of hydrogen-bond acceptors (Lipinski definition) is 3. The van der Waals surface area contributed by atoms with Crippen LogP contribution in [0.15, 0.2) is 17.6 Å². The molecule has 0 bridgehead atoms. The van der Waals surface area contributed by atoms with Crippen molar-refractivity contribution in [2.24, 2.45) is 5.92 Å². The summed E-state index contributed by atoms with van der Waals surface area (Å²) in [4.78, 5) is 16.4. The topological polar surface area (TPSA) is 49.0 Å². The number of carbonyl (C=O) groups is 1. The second-order valence-corrected chi connectivity index (χ2v) is 6.74. The van der Waals surface area contributed by atoms with Crippen molar-refractivity contribution >= 4 is 17.2 Å². The number of thiophene rings is 1. The lowest BCUT2D eigenvalue weighted by molar-refractivity contribution is 0.0636. The van der Waals surface area contributed by atoms with Crippen molar-refractivity contribution < 1.29 is 4.79 Å². The highest BCUT2D eigenvalue weighted by Gasteiger charge is 2.42. The van der Waals surface area contributed by atoms with Crippen LogP contribution >= 0.6 is 11.3 Å². The largest absolute Gasteiger partial charge is 0.331 e. The quantitative estimate of drug-likeness (QED) is 0.923. The van der Waals surface area contributed by atoms with Gasteiger partial charge in [0.1, 0.15) is 0 Å². The number of nitrogens with one attached hydrogen (secondary N) is 1. The van der Waals surface area contributed by atoms with E-state index in [1.54, 1.807) is 6.20 Å². The average molecular weight is 287 g/mol. The van der Waals surface area contributed by atoms with Crippen LogP contribution in [0.4, 0.5) is 0 Å². The maximum Gasteiger partial charge on any atom is 0.257 e. The van der Waals surface area contributed by atoms with Crippen LogP contribution in [-0.4, -0.2) is 27.5 Å². The number of aryl methyl sites for hydroxylation is 1. The van der Waals surface area contributed by atoms with Crippen molar-refractivity contribution in [2.45, 2.75) is 32.2 Å². The molecule has 0 aromatic carbocycles. The van der Waals surface area contributed by atoms with Crippen LogP contribution in [0.1, 0.15) is 45.4 Å². The third-order valence-corrected chi connectivity index (χ3v) is 5.40. The summed E-state index contributed by atoms with van der Waals surface area (Å²) in [6.45, 7) is 2.74. The molecule has 2 aromatic heterocycles. The summed E-state index contributed by atoms with van der Waals surface area (Å²) in [5, 5.41) is 9.02. The number of fused-ring (bicyclic) bond motifs is 1. The zero-order chi connectivity index (χ0) is 13.7. The smallest absolute Gasteiger partial charge is 0.257 e. The number of nitrogens with zero attached hydrogens (tertiary/aromatic N) is 2. The number of hydrogen-bond donors (Lipinski definition) is 1. The fourth-order valence-electron chi connectivity index (χ4n) is 3.22. The highest BCUT2D eigenvalue weighted by Crippen LogP contribution is 2.48. The third kappa shape index (κ3) is 1.80. The number of carbonyl (C=O) groups excluding carboxylic acids is 1. The molecule has 3 heterocycles. The molecule has 2 aromatic rings. The van der Waals surface area contributed by atoms with E-state index >= 15 is 0 Å². The highest BCUT2D eigenvalue weighted by molar-refractivity contribution is 7.10. The van der Waals surface area contributed by atoms with Gasteiger partial charge in [-0.1, -0.05) is 0 Å². The zero-order valence-electron chi connectivity index (χ0n) is 11.4. The van der Waals surface area contributed by atoms with Gasteiger partial charge in [-0.05, 0) is 49.1 Å². The number of aromatic amines is 1. The minimum atomic E-state index is 0.130. The van der Waals surface area contributed by atoms with Gasteiger partial charge in [0.05, 0.1) is 17.8 Å². The van der Waals surface area contributed by atoms with Gasteiger partial charge in [-0.25, -0.2) is 0 Å². The van der Waals surface area contributed by atoms with Crippen LogP contribution in [0, 0.1) is 12.8 Å². The second-order valence-electron chi connectivity index (χ2n) is 5.74.